The fraction of sp³-hybridized carbons (Fsp3) is 0.100. The van der Waals surface area contributed by atoms with E-state index in [9.17, 15) is 0 Å². The molecule has 0 bridgehead atoms. The van der Waals surface area contributed by atoms with E-state index >= 15 is 0 Å². The summed E-state index contributed by atoms with van der Waals surface area (Å²) in [5.41, 5.74) is 17.1. The number of allylic oxidation sites excluding steroid dienone is 4. The van der Waals surface area contributed by atoms with E-state index in [2.05, 4.69) is 148 Å². The molecule has 3 aliphatic carbocycles. The lowest BCUT2D eigenvalue weighted by atomic mass is 9.70. The molecule has 5 aromatic carbocycles. The molecule has 0 saturated heterocycles. The molecule has 0 saturated carbocycles. The van der Waals surface area contributed by atoms with Gasteiger partial charge in [0.15, 0.2) is 0 Å². The van der Waals surface area contributed by atoms with E-state index in [0.29, 0.717) is 0 Å². The maximum absolute atomic E-state index is 4.58. The molecule has 0 fully saturated rings. The average molecular weight is 526 g/mol. The number of nitrogens with one attached hydrogen (secondary N) is 1. The Kier molecular flexibility index (Phi) is 4.86. The summed E-state index contributed by atoms with van der Waals surface area (Å²) in [7, 11) is 0. The molecule has 0 radical (unpaired) electrons. The second-order valence-electron chi connectivity index (χ2n) is 12.0. The normalized spacial score (nSPS) is 19.5. The van der Waals surface area contributed by atoms with Gasteiger partial charge in [0.25, 0.3) is 0 Å². The molecule has 0 amide bonds. The van der Waals surface area contributed by atoms with Crippen molar-refractivity contribution in [3.8, 4) is 22.3 Å². The van der Waals surface area contributed by atoms with Crippen LogP contribution in [-0.2, 0) is 10.8 Å². The molecular formula is C40H31N. The summed E-state index contributed by atoms with van der Waals surface area (Å²) in [6, 6.07) is 40.1. The summed E-state index contributed by atoms with van der Waals surface area (Å²) in [5, 5.41) is 3.78. The Balaban J connectivity index is 1.29. The van der Waals surface area contributed by atoms with Gasteiger partial charge in [-0.3, -0.25) is 0 Å². The maximum atomic E-state index is 4.58. The van der Waals surface area contributed by atoms with Crippen molar-refractivity contribution in [2.75, 3.05) is 5.32 Å². The number of hydrogen-bond acceptors (Lipinski definition) is 1. The third-order valence-corrected chi connectivity index (χ3v) is 9.59. The summed E-state index contributed by atoms with van der Waals surface area (Å²) in [6.45, 7) is 13.3. The number of benzene rings is 5. The summed E-state index contributed by atoms with van der Waals surface area (Å²) in [5.74, 6) is 0. The Hall–Kier alpha value is -4.88. The van der Waals surface area contributed by atoms with Gasteiger partial charge in [0.05, 0.1) is 5.41 Å². The molecule has 0 aliphatic heterocycles. The minimum atomic E-state index is -0.424. The smallest absolute Gasteiger partial charge is 0.0726 e. The van der Waals surface area contributed by atoms with Crippen LogP contribution in [0.5, 0.6) is 0 Å². The summed E-state index contributed by atoms with van der Waals surface area (Å²) < 4.78 is 0. The van der Waals surface area contributed by atoms with E-state index in [1.807, 2.05) is 6.08 Å². The van der Waals surface area contributed by atoms with Crippen LogP contribution in [0.3, 0.4) is 0 Å². The fourth-order valence-electron chi connectivity index (χ4n) is 7.82. The van der Waals surface area contributed by atoms with Gasteiger partial charge in [-0.05, 0) is 91.0 Å². The zero-order valence-corrected chi connectivity index (χ0v) is 23.5. The van der Waals surface area contributed by atoms with Gasteiger partial charge >= 0.3 is 0 Å². The van der Waals surface area contributed by atoms with E-state index < -0.39 is 5.41 Å². The van der Waals surface area contributed by atoms with Crippen molar-refractivity contribution >= 4 is 16.9 Å². The largest absolute Gasteiger partial charge is 0.356 e. The van der Waals surface area contributed by atoms with Crippen molar-refractivity contribution in [1.82, 2.24) is 0 Å². The second kappa shape index (κ2) is 8.32. The molecule has 1 spiro atoms. The molecule has 0 heterocycles. The zero-order chi connectivity index (χ0) is 27.9. The van der Waals surface area contributed by atoms with Crippen LogP contribution in [0.15, 0.2) is 140 Å². The van der Waals surface area contributed by atoms with Gasteiger partial charge in [-0.25, -0.2) is 0 Å². The summed E-state index contributed by atoms with van der Waals surface area (Å²) in [6.07, 6.45) is 4.07. The third kappa shape index (κ3) is 3.01. The first kappa shape index (κ1) is 24.0. The van der Waals surface area contributed by atoms with Crippen molar-refractivity contribution in [2.24, 2.45) is 0 Å². The highest BCUT2D eigenvalue weighted by Crippen LogP contribution is 2.63. The van der Waals surface area contributed by atoms with Gasteiger partial charge < -0.3 is 5.32 Å². The Morgan fingerprint density at radius 1 is 0.561 bits per heavy atom. The number of anilines is 2. The van der Waals surface area contributed by atoms with Gasteiger partial charge in [0.1, 0.15) is 0 Å². The van der Waals surface area contributed by atoms with Crippen LogP contribution in [0.1, 0.15) is 47.2 Å². The lowest BCUT2D eigenvalue weighted by Gasteiger charge is -2.31. The number of rotatable bonds is 3. The Morgan fingerprint density at radius 2 is 1.05 bits per heavy atom. The molecule has 1 heteroatoms. The quantitative estimate of drug-likeness (QED) is 0.247. The lowest BCUT2D eigenvalue weighted by Crippen LogP contribution is -2.26. The van der Waals surface area contributed by atoms with Crippen LogP contribution in [-0.4, -0.2) is 0 Å². The van der Waals surface area contributed by atoms with Crippen LogP contribution in [0.2, 0.25) is 0 Å². The number of hydrogen-bond donors (Lipinski definition) is 1. The minimum Gasteiger partial charge on any atom is -0.356 e. The Labute approximate surface area is 242 Å². The van der Waals surface area contributed by atoms with Crippen LogP contribution in [0.4, 0.5) is 11.4 Å². The highest BCUT2D eigenvalue weighted by atomic mass is 14.9. The van der Waals surface area contributed by atoms with Gasteiger partial charge in [0.2, 0.25) is 0 Å². The predicted octanol–water partition coefficient (Wildman–Crippen LogP) is 10.2. The molecular weight excluding hydrogens is 494 g/mol. The van der Waals surface area contributed by atoms with Crippen LogP contribution >= 0.6 is 0 Å². The van der Waals surface area contributed by atoms with E-state index in [0.717, 1.165) is 16.9 Å². The highest BCUT2D eigenvalue weighted by Gasteiger charge is 2.52. The van der Waals surface area contributed by atoms with Crippen molar-refractivity contribution in [3.05, 3.63) is 173 Å². The Bertz CT molecular complexity index is 1980. The van der Waals surface area contributed by atoms with E-state index in [1.165, 1.54) is 61.2 Å². The molecule has 5 aromatic rings. The molecule has 1 N–H and O–H groups in total. The van der Waals surface area contributed by atoms with E-state index in [-0.39, 0.29) is 5.41 Å². The third-order valence-electron chi connectivity index (χ3n) is 9.59. The van der Waals surface area contributed by atoms with Crippen molar-refractivity contribution in [3.63, 3.8) is 0 Å². The fourth-order valence-corrected chi connectivity index (χ4v) is 7.82. The van der Waals surface area contributed by atoms with Crippen molar-refractivity contribution in [1.29, 1.82) is 0 Å². The molecule has 1 nitrogen and oxygen atoms in total. The van der Waals surface area contributed by atoms with Gasteiger partial charge in [0, 0.05) is 16.8 Å². The highest BCUT2D eigenvalue weighted by molar-refractivity contribution is 6.00. The first-order valence-corrected chi connectivity index (χ1v) is 14.3. The van der Waals surface area contributed by atoms with E-state index in [1.54, 1.807) is 0 Å². The van der Waals surface area contributed by atoms with Gasteiger partial charge in [-0.1, -0.05) is 124 Å². The molecule has 1 atom stereocenters. The molecule has 1 unspecified atom stereocenters. The van der Waals surface area contributed by atoms with Crippen molar-refractivity contribution in [2.45, 2.75) is 24.7 Å². The average Bonchev–Trinajstić information content (AvgIpc) is 3.52. The maximum Gasteiger partial charge on any atom is 0.0726 e. The van der Waals surface area contributed by atoms with Crippen LogP contribution in [0.25, 0.3) is 27.8 Å². The molecule has 196 valence electrons. The van der Waals surface area contributed by atoms with Gasteiger partial charge in [-0.2, -0.15) is 0 Å². The monoisotopic (exact) mass is 525 g/mol. The molecule has 0 aromatic heterocycles. The first-order chi connectivity index (χ1) is 20.0. The van der Waals surface area contributed by atoms with Gasteiger partial charge in [-0.15, -0.1) is 0 Å². The standard InChI is InChI=1S/C40H31N/c1-5-12-33-25(2)28-13-6-10-17-35(28)40(33)36-18-11-8-15-30(36)32-22-20-27(24-38(32)40)41-26-19-21-31-29-14-7-9-16-34(29)39(3,4)37(31)23-26/h5-24,41H,1-2H2,3-4H3/b33-12+. The second-order valence-corrected chi connectivity index (χ2v) is 12.0. The SMILES string of the molecule is C=C/C=C1\C(=C)c2ccccc2C12c1ccccc1-c1ccc(Nc3ccc4c(c3)C(C)(C)c3ccccc3-4)cc12. The topological polar surface area (TPSA) is 12.0 Å². The molecule has 41 heavy (non-hydrogen) atoms. The first-order valence-electron chi connectivity index (χ1n) is 14.3. The number of fused-ring (bicyclic) bond motifs is 10. The lowest BCUT2D eigenvalue weighted by molar-refractivity contribution is 0.660. The Morgan fingerprint density at radius 3 is 1.71 bits per heavy atom. The predicted molar refractivity (Wildman–Crippen MR) is 173 cm³/mol. The summed E-state index contributed by atoms with van der Waals surface area (Å²) in [4.78, 5) is 0. The van der Waals surface area contributed by atoms with Crippen LogP contribution < -0.4 is 5.32 Å². The van der Waals surface area contributed by atoms with Crippen LogP contribution in [0, 0.1) is 0 Å². The summed E-state index contributed by atoms with van der Waals surface area (Å²) >= 11 is 0. The van der Waals surface area contributed by atoms with Crippen molar-refractivity contribution < 1.29 is 0 Å². The van der Waals surface area contributed by atoms with E-state index in [4.69, 9.17) is 0 Å². The molecule has 3 aliphatic rings. The molecule has 8 rings (SSSR count). The minimum absolute atomic E-state index is 0.0362. The zero-order valence-electron chi connectivity index (χ0n) is 23.5.